The third kappa shape index (κ3) is 5.59. The van der Waals surface area contributed by atoms with E-state index in [1.807, 2.05) is 0 Å². The van der Waals surface area contributed by atoms with Gasteiger partial charge in [0.1, 0.15) is 0 Å². The summed E-state index contributed by atoms with van der Waals surface area (Å²) in [5.41, 5.74) is 0.474. The summed E-state index contributed by atoms with van der Waals surface area (Å²) in [6.45, 7) is 7.27. The molecule has 1 amide bonds. The average molecular weight is 342 g/mol. The van der Waals surface area contributed by atoms with Gasteiger partial charge in [0.05, 0.1) is 18.2 Å². The maximum atomic E-state index is 12.2. The molecule has 1 N–H and O–H groups in total. The Kier molecular flexibility index (Phi) is 6.99. The molecule has 1 aromatic rings. The monoisotopic (exact) mass is 341 g/mol. The minimum absolute atomic E-state index is 0.175. The second-order valence-electron chi connectivity index (χ2n) is 5.91. The predicted octanol–water partition coefficient (Wildman–Crippen LogP) is 3.29. The van der Waals surface area contributed by atoms with Crippen LogP contribution in [0.15, 0.2) is 12.1 Å². The Labute approximate surface area is 142 Å². The van der Waals surface area contributed by atoms with Crippen LogP contribution in [0.1, 0.15) is 37.0 Å². The van der Waals surface area contributed by atoms with E-state index in [0.717, 1.165) is 19.4 Å². The smallest absolute Gasteiger partial charge is 0.251 e. The summed E-state index contributed by atoms with van der Waals surface area (Å²) in [5.74, 6) is 1.39. The third-order valence-electron chi connectivity index (χ3n) is 3.27. The molecule has 0 aliphatic carbocycles. The van der Waals surface area contributed by atoms with Gasteiger partial charge >= 0.3 is 0 Å². The van der Waals surface area contributed by atoms with Gasteiger partial charge in [-0.05, 0) is 24.5 Å². The Morgan fingerprint density at radius 3 is 2.91 bits per heavy atom. The van der Waals surface area contributed by atoms with Gasteiger partial charge in [-0.1, -0.05) is 25.4 Å². The molecule has 6 heteroatoms. The van der Waals surface area contributed by atoms with Gasteiger partial charge in [-0.2, -0.15) is 0 Å². The fourth-order valence-corrected chi connectivity index (χ4v) is 2.42. The van der Waals surface area contributed by atoms with Crippen molar-refractivity contribution in [2.45, 2.75) is 26.7 Å². The van der Waals surface area contributed by atoms with Gasteiger partial charge in [0, 0.05) is 31.7 Å². The normalized spacial score (nSPS) is 13.7. The SMILES string of the molecule is CC(C)COCCCNC(=O)c1cc(Cl)c2c(c1)OCCCO2. The number of carbonyl (C=O) groups excluding carboxylic acids is 1. The van der Waals surface area contributed by atoms with E-state index in [1.165, 1.54) is 0 Å². The summed E-state index contributed by atoms with van der Waals surface area (Å²) in [5, 5.41) is 3.26. The molecule has 0 bridgehead atoms. The van der Waals surface area contributed by atoms with Crippen LogP contribution in [0.3, 0.4) is 0 Å². The summed E-state index contributed by atoms with van der Waals surface area (Å²) < 4.78 is 16.6. The van der Waals surface area contributed by atoms with Gasteiger partial charge in [-0.3, -0.25) is 4.79 Å². The van der Waals surface area contributed by atoms with Crippen LogP contribution in [0.25, 0.3) is 0 Å². The van der Waals surface area contributed by atoms with Crippen molar-refractivity contribution in [2.75, 3.05) is 33.0 Å². The molecular weight excluding hydrogens is 318 g/mol. The Hall–Kier alpha value is -1.46. The highest BCUT2D eigenvalue weighted by atomic mass is 35.5. The maximum Gasteiger partial charge on any atom is 0.251 e. The van der Waals surface area contributed by atoms with Crippen molar-refractivity contribution in [1.29, 1.82) is 0 Å². The van der Waals surface area contributed by atoms with Gasteiger partial charge in [0.25, 0.3) is 5.91 Å². The zero-order valence-corrected chi connectivity index (χ0v) is 14.4. The molecule has 0 radical (unpaired) electrons. The van der Waals surface area contributed by atoms with Gasteiger partial charge in [-0.15, -0.1) is 0 Å². The minimum atomic E-state index is -0.175. The van der Waals surface area contributed by atoms with Crippen LogP contribution >= 0.6 is 11.6 Å². The number of hydrogen-bond acceptors (Lipinski definition) is 4. The van der Waals surface area contributed by atoms with E-state index >= 15 is 0 Å². The largest absolute Gasteiger partial charge is 0.489 e. The Balaban J connectivity index is 1.85. The molecule has 0 aromatic heterocycles. The number of ether oxygens (including phenoxy) is 3. The fourth-order valence-electron chi connectivity index (χ4n) is 2.16. The Morgan fingerprint density at radius 2 is 2.13 bits per heavy atom. The van der Waals surface area contributed by atoms with Crippen molar-refractivity contribution in [3.05, 3.63) is 22.7 Å². The van der Waals surface area contributed by atoms with Gasteiger partial charge in [0.15, 0.2) is 11.5 Å². The topological polar surface area (TPSA) is 56.8 Å². The second-order valence-corrected chi connectivity index (χ2v) is 6.32. The number of rotatable bonds is 7. The number of nitrogens with one attached hydrogen (secondary N) is 1. The van der Waals surface area contributed by atoms with Crippen molar-refractivity contribution in [1.82, 2.24) is 5.32 Å². The Bertz CT molecular complexity index is 534. The van der Waals surface area contributed by atoms with Crippen molar-refractivity contribution in [3.8, 4) is 11.5 Å². The molecule has 0 saturated heterocycles. The van der Waals surface area contributed by atoms with Crippen LogP contribution < -0.4 is 14.8 Å². The first-order valence-electron chi connectivity index (χ1n) is 8.03. The summed E-state index contributed by atoms with van der Waals surface area (Å²) in [6, 6.07) is 3.29. The third-order valence-corrected chi connectivity index (χ3v) is 3.55. The summed E-state index contributed by atoms with van der Waals surface area (Å²) in [4.78, 5) is 12.2. The number of amides is 1. The molecule has 1 aliphatic rings. The summed E-state index contributed by atoms with van der Waals surface area (Å²) in [7, 11) is 0. The summed E-state index contributed by atoms with van der Waals surface area (Å²) >= 11 is 6.19. The highest BCUT2D eigenvalue weighted by molar-refractivity contribution is 6.32. The molecule has 1 aromatic carbocycles. The van der Waals surface area contributed by atoms with Crippen LogP contribution in [0.5, 0.6) is 11.5 Å². The molecule has 0 saturated carbocycles. The zero-order valence-electron chi connectivity index (χ0n) is 13.7. The number of carbonyl (C=O) groups is 1. The molecule has 0 spiro atoms. The molecular formula is C17H24ClNO4. The van der Waals surface area contributed by atoms with Gasteiger partial charge in [0.2, 0.25) is 0 Å². The number of halogens is 1. The van der Waals surface area contributed by atoms with Crippen molar-refractivity contribution >= 4 is 17.5 Å². The average Bonchev–Trinajstić information content (AvgIpc) is 2.76. The molecule has 128 valence electrons. The van der Waals surface area contributed by atoms with E-state index in [9.17, 15) is 4.79 Å². The maximum absolute atomic E-state index is 12.2. The van der Waals surface area contributed by atoms with E-state index < -0.39 is 0 Å². The van der Waals surface area contributed by atoms with Crippen LogP contribution in [0, 0.1) is 5.92 Å². The standard InChI is InChI=1S/C17H24ClNO4/c1-12(2)11-21-6-3-5-19-17(20)13-9-14(18)16-15(10-13)22-7-4-8-23-16/h9-10,12H,3-8,11H2,1-2H3,(H,19,20). The predicted molar refractivity (Wildman–Crippen MR) is 89.7 cm³/mol. The van der Waals surface area contributed by atoms with Crippen LogP contribution in [0.4, 0.5) is 0 Å². The van der Waals surface area contributed by atoms with Crippen LogP contribution in [-0.4, -0.2) is 38.9 Å². The van der Waals surface area contributed by atoms with E-state index in [-0.39, 0.29) is 5.91 Å². The second kappa shape index (κ2) is 8.99. The lowest BCUT2D eigenvalue weighted by Crippen LogP contribution is -2.25. The first-order valence-corrected chi connectivity index (χ1v) is 8.41. The number of hydrogen-bond donors (Lipinski definition) is 1. The lowest BCUT2D eigenvalue weighted by Gasteiger charge is -2.12. The first kappa shape index (κ1) is 17.9. The molecule has 0 unspecified atom stereocenters. The molecule has 5 nitrogen and oxygen atoms in total. The number of fused-ring (bicyclic) bond motifs is 1. The van der Waals surface area contributed by atoms with Crippen molar-refractivity contribution < 1.29 is 19.0 Å². The van der Waals surface area contributed by atoms with E-state index in [0.29, 0.717) is 54.4 Å². The van der Waals surface area contributed by atoms with Gasteiger partial charge in [-0.25, -0.2) is 0 Å². The van der Waals surface area contributed by atoms with Crippen molar-refractivity contribution in [2.24, 2.45) is 5.92 Å². The van der Waals surface area contributed by atoms with E-state index in [2.05, 4.69) is 19.2 Å². The van der Waals surface area contributed by atoms with E-state index in [1.54, 1.807) is 12.1 Å². The highest BCUT2D eigenvalue weighted by Gasteiger charge is 2.18. The highest BCUT2D eigenvalue weighted by Crippen LogP contribution is 2.37. The minimum Gasteiger partial charge on any atom is -0.489 e. The molecule has 23 heavy (non-hydrogen) atoms. The zero-order chi connectivity index (χ0) is 16.7. The molecule has 0 atom stereocenters. The fraction of sp³-hybridized carbons (Fsp3) is 0.588. The van der Waals surface area contributed by atoms with Crippen molar-refractivity contribution in [3.63, 3.8) is 0 Å². The Morgan fingerprint density at radius 1 is 1.35 bits per heavy atom. The number of benzene rings is 1. The molecule has 2 rings (SSSR count). The van der Waals surface area contributed by atoms with Crippen LogP contribution in [-0.2, 0) is 4.74 Å². The van der Waals surface area contributed by atoms with Crippen LogP contribution in [0.2, 0.25) is 5.02 Å². The lowest BCUT2D eigenvalue weighted by atomic mass is 10.2. The first-order chi connectivity index (χ1) is 11.1. The lowest BCUT2D eigenvalue weighted by molar-refractivity contribution is 0.0924. The quantitative estimate of drug-likeness (QED) is 0.773. The molecule has 1 heterocycles. The molecule has 0 fully saturated rings. The van der Waals surface area contributed by atoms with E-state index in [4.69, 9.17) is 25.8 Å². The van der Waals surface area contributed by atoms with Gasteiger partial charge < -0.3 is 19.5 Å². The molecule has 1 aliphatic heterocycles. The summed E-state index contributed by atoms with van der Waals surface area (Å²) in [6.07, 6.45) is 1.57.